The first-order valence-electron chi connectivity index (χ1n) is 11.0. The summed E-state index contributed by atoms with van der Waals surface area (Å²) in [6, 6.07) is 11.3. The number of hydrogen-bond donors (Lipinski definition) is 4. The van der Waals surface area contributed by atoms with Crippen molar-refractivity contribution in [1.82, 2.24) is 29.7 Å². The highest BCUT2D eigenvalue weighted by molar-refractivity contribution is 6.33. The predicted octanol–water partition coefficient (Wildman–Crippen LogP) is 3.46. The summed E-state index contributed by atoms with van der Waals surface area (Å²) >= 11 is 6.49. The Bertz CT molecular complexity index is 1490. The Morgan fingerprint density at radius 1 is 1.17 bits per heavy atom. The van der Waals surface area contributed by atoms with Crippen LogP contribution >= 0.6 is 11.6 Å². The minimum atomic E-state index is -0.982. The lowest BCUT2D eigenvalue weighted by Crippen LogP contribution is -2.28. The number of benzene rings is 1. The van der Waals surface area contributed by atoms with Crippen molar-refractivity contribution in [3.63, 3.8) is 0 Å². The number of H-pyrrole nitrogens is 1. The number of hydrogen-bond acceptors (Lipinski definition) is 8. The second kappa shape index (κ2) is 9.34. The lowest BCUT2D eigenvalue weighted by Gasteiger charge is -2.26. The van der Waals surface area contributed by atoms with Gasteiger partial charge >= 0.3 is 0 Å². The van der Waals surface area contributed by atoms with Gasteiger partial charge in [-0.25, -0.2) is 9.97 Å². The van der Waals surface area contributed by atoms with Gasteiger partial charge in [0.1, 0.15) is 17.7 Å². The smallest absolute Gasteiger partial charge is 0.222 e. The Morgan fingerprint density at radius 3 is 2.74 bits per heavy atom. The van der Waals surface area contributed by atoms with Crippen LogP contribution in [0, 0.1) is 0 Å². The van der Waals surface area contributed by atoms with Gasteiger partial charge in [0, 0.05) is 66.7 Å². The number of aryl methyl sites for hydroxylation is 1. The van der Waals surface area contributed by atoms with Crippen molar-refractivity contribution in [1.29, 1.82) is 0 Å². The standard InChI is InChI=1S/C24H24ClN9O/c1-33-13-15(11-30-33)14-8-16-17(12-29-23(16)28-10-14)19-9-22(32-24(27)31-19)34(7-6-21(26)35)20-5-3-2-4-18(20)25/h2-5,8-13,21,35H,6-7,26H2,1H3,(H,28,29)(H2,27,31,32). The van der Waals surface area contributed by atoms with Crippen molar-refractivity contribution in [2.45, 2.75) is 12.6 Å². The Kier molecular flexibility index (Phi) is 6.08. The number of aliphatic hydroxyl groups excluding tert-OH is 1. The molecule has 0 bridgehead atoms. The number of fused-ring (bicyclic) bond motifs is 1. The fourth-order valence-corrected chi connectivity index (χ4v) is 4.20. The molecule has 0 aliphatic carbocycles. The van der Waals surface area contributed by atoms with E-state index in [-0.39, 0.29) is 5.95 Å². The molecule has 0 saturated heterocycles. The molecule has 0 aliphatic heterocycles. The van der Waals surface area contributed by atoms with Crippen LogP contribution < -0.4 is 16.4 Å². The third-order valence-electron chi connectivity index (χ3n) is 5.64. The van der Waals surface area contributed by atoms with Gasteiger partial charge in [0.25, 0.3) is 0 Å². The SMILES string of the molecule is Cn1cc(-c2cnc3[nH]cc(-c4cc(N(CCC(N)O)c5ccccc5Cl)nc(N)n4)c3c2)cn1. The van der Waals surface area contributed by atoms with Crippen molar-refractivity contribution < 1.29 is 5.11 Å². The molecule has 35 heavy (non-hydrogen) atoms. The van der Waals surface area contributed by atoms with Gasteiger partial charge < -0.3 is 26.5 Å². The van der Waals surface area contributed by atoms with Gasteiger partial charge in [0.15, 0.2) is 0 Å². The van der Waals surface area contributed by atoms with Gasteiger partial charge in [-0.05, 0) is 18.2 Å². The molecule has 0 radical (unpaired) electrons. The maximum absolute atomic E-state index is 9.71. The van der Waals surface area contributed by atoms with Gasteiger partial charge in [-0.1, -0.05) is 23.7 Å². The Balaban J connectivity index is 1.61. The maximum Gasteiger partial charge on any atom is 0.222 e. The molecule has 0 spiro atoms. The summed E-state index contributed by atoms with van der Waals surface area (Å²) in [4.78, 5) is 18.6. The first kappa shape index (κ1) is 22.8. The Labute approximate surface area is 206 Å². The highest BCUT2D eigenvalue weighted by Gasteiger charge is 2.19. The highest BCUT2D eigenvalue weighted by atomic mass is 35.5. The van der Waals surface area contributed by atoms with E-state index in [1.165, 1.54) is 0 Å². The molecule has 4 heterocycles. The third-order valence-corrected chi connectivity index (χ3v) is 5.96. The fraction of sp³-hybridized carbons (Fsp3) is 0.167. The van der Waals surface area contributed by atoms with Crippen molar-refractivity contribution in [2.24, 2.45) is 12.8 Å². The zero-order chi connectivity index (χ0) is 24.5. The molecule has 0 aliphatic rings. The van der Waals surface area contributed by atoms with E-state index >= 15 is 0 Å². The lowest BCUT2D eigenvalue weighted by molar-refractivity contribution is 0.175. The second-order valence-electron chi connectivity index (χ2n) is 8.15. The predicted molar refractivity (Wildman–Crippen MR) is 137 cm³/mol. The number of nitrogen functional groups attached to an aromatic ring is 1. The maximum atomic E-state index is 9.71. The number of nitrogens with two attached hydrogens (primary N) is 2. The molecule has 1 atom stereocenters. The molecule has 6 N–H and O–H groups in total. The number of nitrogens with one attached hydrogen (secondary N) is 1. The number of rotatable bonds is 7. The molecule has 0 amide bonds. The number of aliphatic hydroxyl groups is 1. The molecule has 1 aromatic carbocycles. The number of anilines is 3. The summed E-state index contributed by atoms with van der Waals surface area (Å²) in [5.74, 6) is 0.639. The molecule has 5 rings (SSSR count). The monoisotopic (exact) mass is 489 g/mol. The normalized spacial score (nSPS) is 12.2. The summed E-state index contributed by atoms with van der Waals surface area (Å²) in [6.07, 6.45) is 6.70. The van der Waals surface area contributed by atoms with Gasteiger partial charge in [-0.2, -0.15) is 10.1 Å². The molecular weight excluding hydrogens is 466 g/mol. The Hall–Kier alpha value is -3.99. The van der Waals surface area contributed by atoms with Crippen molar-refractivity contribution in [3.8, 4) is 22.4 Å². The van der Waals surface area contributed by atoms with E-state index in [1.807, 2.05) is 54.7 Å². The van der Waals surface area contributed by atoms with Crippen LogP contribution in [0.4, 0.5) is 17.5 Å². The van der Waals surface area contributed by atoms with Crippen molar-refractivity contribution >= 4 is 40.1 Å². The highest BCUT2D eigenvalue weighted by Crippen LogP contribution is 2.35. The summed E-state index contributed by atoms with van der Waals surface area (Å²) in [5, 5.41) is 15.4. The van der Waals surface area contributed by atoms with Crippen LogP contribution in [0.1, 0.15) is 6.42 Å². The minimum absolute atomic E-state index is 0.105. The number of nitrogens with zero attached hydrogens (tertiary/aromatic N) is 6. The zero-order valence-electron chi connectivity index (χ0n) is 18.9. The molecule has 11 heteroatoms. The van der Waals surface area contributed by atoms with E-state index in [9.17, 15) is 5.11 Å². The average molecular weight is 490 g/mol. The van der Waals surface area contributed by atoms with Crippen LogP contribution in [0.3, 0.4) is 0 Å². The van der Waals surface area contributed by atoms with Gasteiger partial charge in [0.05, 0.1) is 22.6 Å². The number of aromatic nitrogens is 6. The molecular formula is C24H24ClN9O. The van der Waals surface area contributed by atoms with E-state index in [1.54, 1.807) is 23.1 Å². The van der Waals surface area contributed by atoms with E-state index in [2.05, 4.69) is 25.0 Å². The summed E-state index contributed by atoms with van der Waals surface area (Å²) in [7, 11) is 1.87. The molecule has 1 unspecified atom stereocenters. The topological polar surface area (TPSA) is 148 Å². The number of pyridine rings is 1. The lowest BCUT2D eigenvalue weighted by atomic mass is 10.1. The summed E-state index contributed by atoms with van der Waals surface area (Å²) in [6.45, 7) is 0.373. The molecule has 0 saturated carbocycles. The Morgan fingerprint density at radius 2 is 2.00 bits per heavy atom. The first-order valence-corrected chi connectivity index (χ1v) is 11.3. The zero-order valence-corrected chi connectivity index (χ0v) is 19.7. The van der Waals surface area contributed by atoms with E-state index in [0.29, 0.717) is 29.5 Å². The molecule has 5 aromatic rings. The van der Waals surface area contributed by atoms with Crippen LogP contribution in [-0.4, -0.2) is 47.6 Å². The van der Waals surface area contributed by atoms with Crippen molar-refractivity contribution in [3.05, 3.63) is 66.2 Å². The van der Waals surface area contributed by atoms with Gasteiger partial charge in [-0.15, -0.1) is 0 Å². The second-order valence-corrected chi connectivity index (χ2v) is 8.56. The number of aromatic amines is 1. The van der Waals surface area contributed by atoms with Crippen LogP contribution in [0.5, 0.6) is 0 Å². The molecule has 10 nitrogen and oxygen atoms in total. The van der Waals surface area contributed by atoms with Gasteiger partial charge in [0.2, 0.25) is 5.95 Å². The van der Waals surface area contributed by atoms with E-state index in [4.69, 9.17) is 23.1 Å². The third kappa shape index (κ3) is 4.67. The van der Waals surface area contributed by atoms with E-state index in [0.717, 1.165) is 33.4 Å². The number of para-hydroxylation sites is 1. The minimum Gasteiger partial charge on any atom is -0.379 e. The average Bonchev–Trinajstić information content (AvgIpc) is 3.45. The summed E-state index contributed by atoms with van der Waals surface area (Å²) in [5.41, 5.74) is 16.6. The van der Waals surface area contributed by atoms with Crippen LogP contribution in [0.2, 0.25) is 5.02 Å². The van der Waals surface area contributed by atoms with Crippen LogP contribution in [0.25, 0.3) is 33.4 Å². The van der Waals surface area contributed by atoms with Crippen LogP contribution in [0.15, 0.2) is 61.2 Å². The summed E-state index contributed by atoms with van der Waals surface area (Å²) < 4.78 is 1.75. The fourth-order valence-electron chi connectivity index (χ4n) is 3.96. The first-order chi connectivity index (χ1) is 16.9. The van der Waals surface area contributed by atoms with Crippen molar-refractivity contribution in [2.75, 3.05) is 17.2 Å². The van der Waals surface area contributed by atoms with Gasteiger partial charge in [-0.3, -0.25) is 4.68 Å². The van der Waals surface area contributed by atoms with E-state index < -0.39 is 6.23 Å². The number of halogens is 1. The molecule has 178 valence electrons. The molecule has 0 fully saturated rings. The quantitative estimate of drug-likeness (QED) is 0.254. The van der Waals surface area contributed by atoms with Crippen LogP contribution in [-0.2, 0) is 7.05 Å². The largest absolute Gasteiger partial charge is 0.379 e. The molecule has 4 aromatic heterocycles.